The minimum atomic E-state index is -3.52. The van der Waals surface area contributed by atoms with E-state index in [2.05, 4.69) is 21.8 Å². The van der Waals surface area contributed by atoms with E-state index in [9.17, 15) is 22.7 Å². The summed E-state index contributed by atoms with van der Waals surface area (Å²) in [5.74, 6) is 6.01. The molecule has 2 unspecified atom stereocenters. The molecule has 2 aromatic rings. The van der Waals surface area contributed by atoms with E-state index in [1.165, 1.54) is 23.4 Å². The summed E-state index contributed by atoms with van der Waals surface area (Å²) in [4.78, 5) is 23.2. The van der Waals surface area contributed by atoms with Gasteiger partial charge in [-0.1, -0.05) is 0 Å². The highest BCUT2D eigenvalue weighted by Gasteiger charge is 2.34. The maximum absolute atomic E-state index is 14.8. The van der Waals surface area contributed by atoms with Crippen LogP contribution in [0.4, 0.5) is 20.7 Å². The average molecular weight is 489 g/mol. The number of hydrogen-bond acceptors (Lipinski definition) is 7. The van der Waals surface area contributed by atoms with Crippen molar-refractivity contribution < 1.29 is 27.4 Å². The number of benzene rings is 1. The molecule has 1 aromatic carbocycles. The summed E-state index contributed by atoms with van der Waals surface area (Å²) in [6.45, 7) is 2.49. The van der Waals surface area contributed by atoms with Gasteiger partial charge in [0.2, 0.25) is 5.88 Å². The molecule has 180 valence electrons. The molecule has 2 aliphatic heterocycles. The Morgan fingerprint density at radius 3 is 2.79 bits per heavy atom. The monoisotopic (exact) mass is 488 g/mol. The number of nitrogens with zero attached hydrogens (tertiary/aromatic N) is 4. The number of carboxylic acid groups (broad SMARTS) is 1. The van der Waals surface area contributed by atoms with E-state index in [-0.39, 0.29) is 22.7 Å². The van der Waals surface area contributed by atoms with Gasteiger partial charge in [-0.15, -0.1) is 11.8 Å². The minimum absolute atomic E-state index is 0.0881. The van der Waals surface area contributed by atoms with Crippen molar-refractivity contribution in [1.82, 2.24) is 14.9 Å². The molecule has 2 aliphatic rings. The van der Waals surface area contributed by atoms with Crippen molar-refractivity contribution in [2.75, 3.05) is 24.2 Å². The second kappa shape index (κ2) is 9.46. The van der Waals surface area contributed by atoms with Crippen molar-refractivity contribution in [3.63, 3.8) is 0 Å². The highest BCUT2D eigenvalue weighted by molar-refractivity contribution is 7.90. The van der Waals surface area contributed by atoms with Gasteiger partial charge in [0.05, 0.1) is 16.1 Å². The number of likely N-dealkylation sites (tertiary alicyclic amines) is 1. The van der Waals surface area contributed by atoms with Crippen LogP contribution in [-0.2, 0) is 16.3 Å². The van der Waals surface area contributed by atoms with Gasteiger partial charge >= 0.3 is 6.09 Å². The molecule has 0 bridgehead atoms. The summed E-state index contributed by atoms with van der Waals surface area (Å²) in [7, 11) is -3.52. The van der Waals surface area contributed by atoms with Crippen LogP contribution >= 0.6 is 0 Å². The van der Waals surface area contributed by atoms with Crippen molar-refractivity contribution in [3.8, 4) is 17.7 Å². The number of amides is 1. The molecule has 1 aromatic heterocycles. The maximum atomic E-state index is 14.8. The van der Waals surface area contributed by atoms with Crippen molar-refractivity contribution in [2.24, 2.45) is 0 Å². The van der Waals surface area contributed by atoms with Crippen LogP contribution in [0.2, 0.25) is 0 Å². The minimum Gasteiger partial charge on any atom is -0.474 e. The molecular weight excluding hydrogens is 463 g/mol. The van der Waals surface area contributed by atoms with E-state index in [1.807, 2.05) is 0 Å². The maximum Gasteiger partial charge on any atom is 0.407 e. The first kappa shape index (κ1) is 23.8. The summed E-state index contributed by atoms with van der Waals surface area (Å²) >= 11 is 0. The molecule has 1 fully saturated rings. The van der Waals surface area contributed by atoms with Crippen LogP contribution in [0.3, 0.4) is 0 Å². The third-order valence-electron chi connectivity index (χ3n) is 6.07. The standard InChI is InChI=1S/C23H25FN4O5S/c1-3-4-5-15-12-16(8-10-27(15)23(29)30)33-22-18-9-11-28(21(18)25-14-26-22)20-7-6-17(13-19(20)24)34(2,31)32/h6-7,13-16H,5,8-12H2,1-2H3,(H,29,30). The van der Waals surface area contributed by atoms with Crippen LogP contribution in [0.1, 0.15) is 31.7 Å². The second-order valence-electron chi connectivity index (χ2n) is 8.29. The number of hydrogen-bond donors (Lipinski definition) is 1. The number of aromatic nitrogens is 2. The SMILES string of the molecule is CC#CCC1CC(Oc2ncnc3c2CCN3c2ccc(S(C)(=O)=O)cc2F)CCN1C(=O)O. The highest BCUT2D eigenvalue weighted by Crippen LogP contribution is 2.39. The van der Waals surface area contributed by atoms with Crippen molar-refractivity contribution >= 4 is 27.4 Å². The van der Waals surface area contributed by atoms with E-state index in [1.54, 1.807) is 11.8 Å². The van der Waals surface area contributed by atoms with Gasteiger partial charge in [0.15, 0.2) is 9.84 Å². The van der Waals surface area contributed by atoms with Crippen molar-refractivity contribution in [2.45, 2.75) is 49.6 Å². The second-order valence-corrected chi connectivity index (χ2v) is 10.3. The lowest BCUT2D eigenvalue weighted by Crippen LogP contribution is -2.48. The molecule has 0 radical (unpaired) electrons. The fourth-order valence-corrected chi connectivity index (χ4v) is 5.02. The number of carbonyl (C=O) groups is 1. The van der Waals surface area contributed by atoms with E-state index >= 15 is 0 Å². The lowest BCUT2D eigenvalue weighted by molar-refractivity contribution is 0.0536. The molecule has 1 saturated heterocycles. The Bertz CT molecular complexity index is 1270. The molecule has 1 N–H and O–H groups in total. The normalized spacial score (nSPS) is 19.9. The van der Waals surface area contributed by atoms with Gasteiger partial charge in [-0.3, -0.25) is 0 Å². The number of anilines is 2. The number of piperidine rings is 1. The van der Waals surface area contributed by atoms with E-state index in [0.29, 0.717) is 50.5 Å². The summed E-state index contributed by atoms with van der Waals surface area (Å²) in [5.41, 5.74) is 0.962. The topological polar surface area (TPSA) is 113 Å². The zero-order chi connectivity index (χ0) is 24.5. The Hall–Kier alpha value is -3.39. The largest absolute Gasteiger partial charge is 0.474 e. The van der Waals surface area contributed by atoms with E-state index in [4.69, 9.17) is 4.74 Å². The first-order chi connectivity index (χ1) is 16.2. The first-order valence-electron chi connectivity index (χ1n) is 10.9. The molecule has 4 rings (SSSR count). The van der Waals surface area contributed by atoms with Gasteiger partial charge < -0.3 is 19.6 Å². The van der Waals surface area contributed by atoms with E-state index < -0.39 is 21.7 Å². The molecule has 11 heteroatoms. The number of ether oxygens (including phenoxy) is 1. The van der Waals surface area contributed by atoms with Gasteiger partial charge in [-0.2, -0.15) is 0 Å². The third-order valence-corrected chi connectivity index (χ3v) is 7.18. The Labute approximate surface area is 197 Å². The summed E-state index contributed by atoms with van der Waals surface area (Å²) in [6.07, 6.45) is 3.14. The molecule has 0 saturated carbocycles. The quantitative estimate of drug-likeness (QED) is 0.639. The van der Waals surface area contributed by atoms with Gasteiger partial charge in [0.25, 0.3) is 0 Å². The van der Waals surface area contributed by atoms with Crippen LogP contribution < -0.4 is 9.64 Å². The van der Waals surface area contributed by atoms with Crippen LogP contribution in [0.5, 0.6) is 5.88 Å². The molecule has 9 nitrogen and oxygen atoms in total. The Kier molecular flexibility index (Phi) is 6.61. The summed E-state index contributed by atoms with van der Waals surface area (Å²) in [5, 5.41) is 9.48. The highest BCUT2D eigenvalue weighted by atomic mass is 32.2. The lowest BCUT2D eigenvalue weighted by atomic mass is 9.97. The van der Waals surface area contributed by atoms with E-state index in [0.717, 1.165) is 17.9 Å². The molecule has 1 amide bonds. The Morgan fingerprint density at radius 1 is 1.32 bits per heavy atom. The molecular formula is C23H25FN4O5S. The number of rotatable bonds is 5. The predicted octanol–water partition coefficient (Wildman–Crippen LogP) is 3.02. The summed E-state index contributed by atoms with van der Waals surface area (Å²) < 4.78 is 44.5. The van der Waals surface area contributed by atoms with Gasteiger partial charge in [0.1, 0.15) is 24.1 Å². The van der Waals surface area contributed by atoms with Crippen molar-refractivity contribution in [3.05, 3.63) is 35.9 Å². The predicted molar refractivity (Wildman–Crippen MR) is 122 cm³/mol. The molecule has 2 atom stereocenters. The van der Waals surface area contributed by atoms with Gasteiger partial charge in [0, 0.05) is 44.6 Å². The number of sulfone groups is 1. The number of halogens is 1. The molecule has 3 heterocycles. The Morgan fingerprint density at radius 2 is 2.12 bits per heavy atom. The molecule has 0 spiro atoms. The van der Waals surface area contributed by atoms with Crippen molar-refractivity contribution in [1.29, 1.82) is 0 Å². The fraction of sp³-hybridized carbons (Fsp3) is 0.435. The smallest absolute Gasteiger partial charge is 0.407 e. The average Bonchev–Trinajstić information content (AvgIpc) is 3.22. The molecule has 0 aliphatic carbocycles. The van der Waals surface area contributed by atoms with Crippen LogP contribution in [0.25, 0.3) is 0 Å². The van der Waals surface area contributed by atoms with Gasteiger partial charge in [-0.25, -0.2) is 27.6 Å². The van der Waals surface area contributed by atoms with Crippen LogP contribution in [0, 0.1) is 17.7 Å². The first-order valence-corrected chi connectivity index (χ1v) is 12.7. The zero-order valence-electron chi connectivity index (χ0n) is 18.9. The van der Waals surface area contributed by atoms with Crippen LogP contribution in [0.15, 0.2) is 29.4 Å². The van der Waals surface area contributed by atoms with Gasteiger partial charge in [-0.05, 0) is 31.5 Å². The lowest BCUT2D eigenvalue weighted by Gasteiger charge is -2.36. The fourth-order valence-electron chi connectivity index (χ4n) is 4.39. The Balaban J connectivity index is 1.55. The molecule has 34 heavy (non-hydrogen) atoms. The third kappa shape index (κ3) is 4.77. The van der Waals surface area contributed by atoms with Crippen LogP contribution in [-0.4, -0.2) is 66.0 Å². The summed E-state index contributed by atoms with van der Waals surface area (Å²) in [6, 6.07) is 3.55. The zero-order valence-corrected chi connectivity index (χ0v) is 19.7. The number of fused-ring (bicyclic) bond motifs is 1.